The molecular formula is C27H48O2. The van der Waals surface area contributed by atoms with Crippen molar-refractivity contribution < 1.29 is 10.2 Å². The quantitative estimate of drug-likeness (QED) is 0.543. The average Bonchev–Trinajstić information content (AvgIpc) is 3.01. The highest BCUT2D eigenvalue weighted by molar-refractivity contribution is 5.15. The zero-order valence-corrected chi connectivity index (χ0v) is 19.9. The molecule has 0 aliphatic heterocycles. The van der Waals surface area contributed by atoms with Crippen LogP contribution in [0.25, 0.3) is 0 Å². The summed E-state index contributed by atoms with van der Waals surface area (Å²) in [4.78, 5) is 0. The normalized spacial score (nSPS) is 50.7. The van der Waals surface area contributed by atoms with Crippen molar-refractivity contribution in [2.45, 2.75) is 123 Å². The van der Waals surface area contributed by atoms with Gasteiger partial charge in [0.15, 0.2) is 0 Å². The molecule has 2 N–H and O–H groups in total. The lowest BCUT2D eigenvalue weighted by molar-refractivity contribution is -0.246. The second kappa shape index (κ2) is 7.80. The molecule has 0 aromatic carbocycles. The summed E-state index contributed by atoms with van der Waals surface area (Å²) < 4.78 is 0. The Balaban J connectivity index is 1.51. The van der Waals surface area contributed by atoms with E-state index in [4.69, 9.17) is 0 Å². The van der Waals surface area contributed by atoms with E-state index < -0.39 is 11.7 Å². The first kappa shape index (κ1) is 22.1. The lowest BCUT2D eigenvalue weighted by atomic mass is 9.42. The number of hydrogen-bond donors (Lipinski definition) is 2. The van der Waals surface area contributed by atoms with E-state index in [1.165, 1.54) is 44.9 Å². The predicted octanol–water partition coefficient (Wildman–Crippen LogP) is 6.58. The van der Waals surface area contributed by atoms with Crippen molar-refractivity contribution in [1.82, 2.24) is 0 Å². The third kappa shape index (κ3) is 3.34. The van der Waals surface area contributed by atoms with Gasteiger partial charge in [0.05, 0.1) is 11.7 Å². The molecular weight excluding hydrogens is 356 g/mol. The fourth-order valence-corrected chi connectivity index (χ4v) is 9.35. The van der Waals surface area contributed by atoms with Gasteiger partial charge in [-0.3, -0.25) is 0 Å². The maximum Gasteiger partial charge on any atom is 0.0961 e. The minimum Gasteiger partial charge on any atom is -0.390 e. The fourth-order valence-electron chi connectivity index (χ4n) is 9.35. The van der Waals surface area contributed by atoms with Crippen molar-refractivity contribution in [2.24, 2.45) is 46.3 Å². The summed E-state index contributed by atoms with van der Waals surface area (Å²) in [5, 5.41) is 22.3. The van der Waals surface area contributed by atoms with Crippen molar-refractivity contribution in [3.63, 3.8) is 0 Å². The van der Waals surface area contributed by atoms with Crippen LogP contribution < -0.4 is 0 Å². The molecule has 4 saturated carbocycles. The molecule has 4 fully saturated rings. The highest BCUT2D eigenvalue weighted by atomic mass is 16.3. The molecule has 0 amide bonds. The first-order valence-corrected chi connectivity index (χ1v) is 13.0. The Morgan fingerprint density at radius 2 is 1.62 bits per heavy atom. The Bertz CT molecular complexity index is 587. The molecule has 4 aliphatic carbocycles. The molecule has 9 atom stereocenters. The molecule has 2 nitrogen and oxygen atoms in total. The van der Waals surface area contributed by atoms with E-state index in [0.29, 0.717) is 11.3 Å². The molecule has 29 heavy (non-hydrogen) atoms. The molecule has 0 aromatic heterocycles. The Morgan fingerprint density at radius 1 is 0.862 bits per heavy atom. The first-order chi connectivity index (χ1) is 13.6. The predicted molar refractivity (Wildman–Crippen MR) is 121 cm³/mol. The van der Waals surface area contributed by atoms with Gasteiger partial charge >= 0.3 is 0 Å². The lowest BCUT2D eigenvalue weighted by Crippen LogP contribution is -2.66. The molecule has 4 rings (SSSR count). The lowest BCUT2D eigenvalue weighted by Gasteiger charge is -2.64. The van der Waals surface area contributed by atoms with Crippen molar-refractivity contribution in [3.8, 4) is 0 Å². The monoisotopic (exact) mass is 404 g/mol. The molecule has 2 heteroatoms. The van der Waals surface area contributed by atoms with Gasteiger partial charge in [-0.15, -0.1) is 0 Å². The molecule has 0 radical (unpaired) electrons. The van der Waals surface area contributed by atoms with Gasteiger partial charge < -0.3 is 10.2 Å². The first-order valence-electron chi connectivity index (χ1n) is 13.0. The van der Waals surface area contributed by atoms with Gasteiger partial charge in [0, 0.05) is 5.41 Å². The SMILES string of the molecule is CC(C)CCC[C@@H](C)[C@@H]1CC[C@@H]2[C@@H]3CC[C@]4(O)[C@H](O)CCC[C@]4(C)[C@@H]3CC[C@@]21C. The molecule has 168 valence electrons. The van der Waals surface area contributed by atoms with E-state index in [0.717, 1.165) is 61.7 Å². The third-order valence-electron chi connectivity index (χ3n) is 11.0. The van der Waals surface area contributed by atoms with Gasteiger partial charge in [0.1, 0.15) is 0 Å². The van der Waals surface area contributed by atoms with Gasteiger partial charge in [-0.25, -0.2) is 0 Å². The van der Waals surface area contributed by atoms with Crippen LogP contribution in [0.5, 0.6) is 0 Å². The largest absolute Gasteiger partial charge is 0.390 e. The highest BCUT2D eigenvalue weighted by Gasteiger charge is 2.65. The van der Waals surface area contributed by atoms with Crippen LogP contribution in [0, 0.1) is 46.3 Å². The molecule has 0 saturated heterocycles. The topological polar surface area (TPSA) is 40.5 Å². The number of rotatable bonds is 5. The van der Waals surface area contributed by atoms with Crippen LogP contribution in [0.3, 0.4) is 0 Å². The zero-order valence-electron chi connectivity index (χ0n) is 19.9. The Hall–Kier alpha value is -0.0800. The van der Waals surface area contributed by atoms with Gasteiger partial charge in [-0.1, -0.05) is 60.3 Å². The minimum atomic E-state index is -0.831. The van der Waals surface area contributed by atoms with Crippen LogP contribution in [0.1, 0.15) is 112 Å². The van der Waals surface area contributed by atoms with Crippen LogP contribution in [-0.2, 0) is 0 Å². The summed E-state index contributed by atoms with van der Waals surface area (Å²) in [6.45, 7) is 12.2. The third-order valence-corrected chi connectivity index (χ3v) is 11.0. The smallest absolute Gasteiger partial charge is 0.0961 e. The van der Waals surface area contributed by atoms with Crippen LogP contribution in [0.4, 0.5) is 0 Å². The number of fused-ring (bicyclic) bond motifs is 5. The van der Waals surface area contributed by atoms with Gasteiger partial charge in [-0.05, 0) is 92.3 Å². The molecule has 4 aliphatic rings. The van der Waals surface area contributed by atoms with Gasteiger partial charge in [0.2, 0.25) is 0 Å². The van der Waals surface area contributed by atoms with Crippen LogP contribution >= 0.6 is 0 Å². The molecule has 0 bridgehead atoms. The van der Waals surface area contributed by atoms with Crippen LogP contribution in [0.2, 0.25) is 0 Å². The highest BCUT2D eigenvalue weighted by Crippen LogP contribution is 2.69. The molecule has 0 spiro atoms. The number of aliphatic hydroxyl groups is 2. The molecule has 0 aromatic rings. The van der Waals surface area contributed by atoms with E-state index in [1.54, 1.807) is 0 Å². The number of aliphatic hydroxyl groups excluding tert-OH is 1. The van der Waals surface area contributed by atoms with Crippen molar-refractivity contribution in [3.05, 3.63) is 0 Å². The van der Waals surface area contributed by atoms with E-state index in [-0.39, 0.29) is 5.41 Å². The number of hydrogen-bond acceptors (Lipinski definition) is 2. The van der Waals surface area contributed by atoms with Crippen molar-refractivity contribution >= 4 is 0 Å². The molecule has 0 heterocycles. The van der Waals surface area contributed by atoms with Crippen molar-refractivity contribution in [2.75, 3.05) is 0 Å². The second-order valence-corrected chi connectivity index (χ2v) is 12.7. The summed E-state index contributed by atoms with van der Waals surface area (Å²) in [5.41, 5.74) is -0.393. The van der Waals surface area contributed by atoms with Crippen LogP contribution in [-0.4, -0.2) is 21.9 Å². The molecule has 0 unspecified atom stereocenters. The standard InChI is InChI=1S/C27H48O2/c1-18(2)8-6-9-19(3)21-11-12-22-20-13-17-27(29)24(28)10-7-15-26(27,5)23(20)14-16-25(21,22)4/h18-24,28-29H,6-17H2,1-5H3/t19-,20+,21+,22-,23-,24-,25-,26-,27+/m1/s1. The maximum atomic E-state index is 11.6. The zero-order chi connectivity index (χ0) is 21.0. The van der Waals surface area contributed by atoms with Crippen LogP contribution in [0.15, 0.2) is 0 Å². The van der Waals surface area contributed by atoms with Crippen molar-refractivity contribution in [1.29, 1.82) is 0 Å². The van der Waals surface area contributed by atoms with E-state index in [2.05, 4.69) is 34.6 Å². The summed E-state index contributed by atoms with van der Waals surface area (Å²) >= 11 is 0. The Kier molecular flexibility index (Phi) is 5.95. The summed E-state index contributed by atoms with van der Waals surface area (Å²) in [6.07, 6.45) is 14.1. The second-order valence-electron chi connectivity index (χ2n) is 12.7. The Morgan fingerprint density at radius 3 is 2.34 bits per heavy atom. The van der Waals surface area contributed by atoms with Gasteiger partial charge in [-0.2, -0.15) is 0 Å². The summed E-state index contributed by atoms with van der Waals surface area (Å²) in [7, 11) is 0. The average molecular weight is 405 g/mol. The summed E-state index contributed by atoms with van der Waals surface area (Å²) in [5.74, 6) is 4.82. The summed E-state index contributed by atoms with van der Waals surface area (Å²) in [6, 6.07) is 0. The minimum absolute atomic E-state index is 0.0735. The Labute approximate surface area is 180 Å². The van der Waals surface area contributed by atoms with Gasteiger partial charge in [0.25, 0.3) is 0 Å². The van der Waals surface area contributed by atoms with E-state index in [1.807, 2.05) is 0 Å². The van der Waals surface area contributed by atoms with E-state index in [9.17, 15) is 10.2 Å². The maximum absolute atomic E-state index is 11.6. The fraction of sp³-hybridized carbons (Fsp3) is 1.00. The van der Waals surface area contributed by atoms with E-state index >= 15 is 0 Å².